The third kappa shape index (κ3) is 4.93. The first-order chi connectivity index (χ1) is 13.6. The van der Waals surface area contributed by atoms with E-state index in [1.165, 1.54) is 25.2 Å². The zero-order chi connectivity index (χ0) is 21.3. The van der Waals surface area contributed by atoms with E-state index in [4.69, 9.17) is 34.8 Å². The van der Waals surface area contributed by atoms with E-state index >= 15 is 0 Å². The first-order valence-electron chi connectivity index (χ1n) is 8.41. The molecule has 3 rings (SSSR count). The minimum atomic E-state index is -3.56. The molecule has 3 aromatic rings. The number of ketones is 1. The van der Waals surface area contributed by atoms with Crippen molar-refractivity contribution in [3.05, 3.63) is 86.9 Å². The summed E-state index contributed by atoms with van der Waals surface area (Å²) >= 11 is 18.0. The van der Waals surface area contributed by atoms with E-state index in [9.17, 15) is 13.2 Å². The summed E-state index contributed by atoms with van der Waals surface area (Å²) in [6.45, 7) is 0. The van der Waals surface area contributed by atoms with Gasteiger partial charge in [-0.05, 0) is 42.0 Å². The molecular weight excluding hydrogens is 453 g/mol. The van der Waals surface area contributed by atoms with Crippen LogP contribution in [0.2, 0.25) is 15.1 Å². The minimum absolute atomic E-state index is 0.312. The Balaban J connectivity index is 2.16. The third-order valence-electron chi connectivity index (χ3n) is 4.38. The third-order valence-corrected chi connectivity index (χ3v) is 6.26. The summed E-state index contributed by atoms with van der Waals surface area (Å²) in [7, 11) is -2.12. The van der Waals surface area contributed by atoms with Crippen LogP contribution in [0.4, 0.5) is 5.69 Å². The van der Waals surface area contributed by atoms with Gasteiger partial charge in [-0.3, -0.25) is 9.10 Å². The molecule has 0 radical (unpaired) electrons. The van der Waals surface area contributed by atoms with Gasteiger partial charge in [0.1, 0.15) is 0 Å². The molecule has 0 aromatic heterocycles. The predicted octanol–water partition coefficient (Wildman–Crippen LogP) is 5.94. The lowest BCUT2D eigenvalue weighted by molar-refractivity contribution is 0.103. The molecule has 0 N–H and O–H groups in total. The highest BCUT2D eigenvalue weighted by Crippen LogP contribution is 2.34. The van der Waals surface area contributed by atoms with Gasteiger partial charge in [-0.2, -0.15) is 0 Å². The monoisotopic (exact) mass is 467 g/mol. The molecule has 0 fully saturated rings. The van der Waals surface area contributed by atoms with Crippen LogP contribution in [0.3, 0.4) is 0 Å². The molecule has 0 aliphatic carbocycles. The van der Waals surface area contributed by atoms with Crippen LogP contribution in [0.5, 0.6) is 0 Å². The summed E-state index contributed by atoms with van der Waals surface area (Å²) in [5.41, 5.74) is 2.41. The molecule has 0 aliphatic rings. The van der Waals surface area contributed by atoms with Gasteiger partial charge in [0.2, 0.25) is 10.0 Å². The number of hydrogen-bond acceptors (Lipinski definition) is 3. The van der Waals surface area contributed by atoms with Gasteiger partial charge in [0, 0.05) is 38.8 Å². The second-order valence-corrected chi connectivity index (χ2v) is 9.78. The number of carbonyl (C=O) groups is 1. The molecule has 0 heterocycles. The molecule has 4 nitrogen and oxygen atoms in total. The van der Waals surface area contributed by atoms with Crippen LogP contribution in [0.15, 0.2) is 60.7 Å². The van der Waals surface area contributed by atoms with Crippen LogP contribution in [-0.2, 0) is 10.0 Å². The zero-order valence-electron chi connectivity index (χ0n) is 15.5. The minimum Gasteiger partial charge on any atom is -0.289 e. The van der Waals surface area contributed by atoms with Crippen molar-refractivity contribution >= 4 is 56.3 Å². The van der Waals surface area contributed by atoms with Crippen LogP contribution in [0.25, 0.3) is 11.1 Å². The number of anilines is 1. The molecule has 29 heavy (non-hydrogen) atoms. The molecule has 0 bridgehead atoms. The van der Waals surface area contributed by atoms with Gasteiger partial charge in [0.05, 0.1) is 11.9 Å². The molecule has 3 aromatic carbocycles. The van der Waals surface area contributed by atoms with E-state index in [0.717, 1.165) is 16.1 Å². The van der Waals surface area contributed by atoms with E-state index in [1.807, 2.05) is 0 Å². The highest BCUT2D eigenvalue weighted by molar-refractivity contribution is 7.92. The topological polar surface area (TPSA) is 54.5 Å². The second kappa shape index (κ2) is 8.36. The van der Waals surface area contributed by atoms with Gasteiger partial charge in [0.25, 0.3) is 0 Å². The van der Waals surface area contributed by atoms with Crippen molar-refractivity contribution in [2.45, 2.75) is 0 Å². The van der Waals surface area contributed by atoms with Crippen LogP contribution < -0.4 is 4.31 Å². The van der Waals surface area contributed by atoms with Crippen molar-refractivity contribution in [2.24, 2.45) is 0 Å². The van der Waals surface area contributed by atoms with Crippen molar-refractivity contribution in [3.8, 4) is 11.1 Å². The molecule has 150 valence electrons. The molecule has 0 spiro atoms. The lowest BCUT2D eigenvalue weighted by atomic mass is 9.97. The SMILES string of the molecule is CN(c1cc(C(=O)c2cc(Cl)cc(Cl)c2)ccc1-c1ccc(Cl)cc1)S(C)(=O)=O. The average molecular weight is 469 g/mol. The first kappa shape index (κ1) is 21.7. The molecule has 0 atom stereocenters. The first-order valence-corrected chi connectivity index (χ1v) is 11.4. The number of rotatable bonds is 5. The van der Waals surface area contributed by atoms with Crippen molar-refractivity contribution in [2.75, 3.05) is 17.6 Å². The molecule has 0 amide bonds. The van der Waals surface area contributed by atoms with Gasteiger partial charge in [-0.15, -0.1) is 0 Å². The van der Waals surface area contributed by atoms with Crippen molar-refractivity contribution in [1.82, 2.24) is 0 Å². The Morgan fingerprint density at radius 3 is 1.93 bits per heavy atom. The molecule has 0 aliphatic heterocycles. The quantitative estimate of drug-likeness (QED) is 0.435. The number of hydrogen-bond donors (Lipinski definition) is 0. The van der Waals surface area contributed by atoms with Gasteiger partial charge in [-0.1, -0.05) is 59.1 Å². The Hall–Kier alpha value is -2.05. The molecule has 8 heteroatoms. The van der Waals surface area contributed by atoms with Crippen LogP contribution in [-0.4, -0.2) is 27.5 Å². The van der Waals surface area contributed by atoms with Gasteiger partial charge < -0.3 is 0 Å². The normalized spacial score (nSPS) is 11.3. The second-order valence-electron chi connectivity index (χ2n) is 6.46. The highest BCUT2D eigenvalue weighted by atomic mass is 35.5. The van der Waals surface area contributed by atoms with Gasteiger partial charge in [0.15, 0.2) is 5.78 Å². The van der Waals surface area contributed by atoms with E-state index in [0.29, 0.717) is 37.4 Å². The number of carbonyl (C=O) groups excluding carboxylic acids is 1. The Kier molecular flexibility index (Phi) is 6.24. The van der Waals surface area contributed by atoms with E-state index < -0.39 is 10.0 Å². The fourth-order valence-corrected chi connectivity index (χ4v) is 4.00. The van der Waals surface area contributed by atoms with Crippen molar-refractivity contribution < 1.29 is 13.2 Å². The number of halogens is 3. The summed E-state index contributed by atoms with van der Waals surface area (Å²) in [4.78, 5) is 13.0. The fraction of sp³-hybridized carbons (Fsp3) is 0.0952. The van der Waals surface area contributed by atoms with E-state index in [1.54, 1.807) is 42.5 Å². The predicted molar refractivity (Wildman–Crippen MR) is 120 cm³/mol. The Morgan fingerprint density at radius 2 is 1.38 bits per heavy atom. The van der Waals surface area contributed by atoms with Crippen LogP contribution >= 0.6 is 34.8 Å². The fourth-order valence-electron chi connectivity index (χ4n) is 2.84. The summed E-state index contributed by atoms with van der Waals surface area (Å²) in [5.74, 6) is -0.319. The molecule has 0 saturated heterocycles. The Morgan fingerprint density at radius 1 is 0.793 bits per heavy atom. The maximum Gasteiger partial charge on any atom is 0.232 e. The maximum atomic E-state index is 13.0. The lowest BCUT2D eigenvalue weighted by Gasteiger charge is -2.21. The highest BCUT2D eigenvalue weighted by Gasteiger charge is 2.20. The molecule has 0 saturated carbocycles. The summed E-state index contributed by atoms with van der Waals surface area (Å²) in [5, 5.41) is 1.25. The van der Waals surface area contributed by atoms with Crippen LogP contribution in [0.1, 0.15) is 15.9 Å². The number of nitrogens with zero attached hydrogens (tertiary/aromatic N) is 1. The summed E-state index contributed by atoms with van der Waals surface area (Å²) in [6, 6.07) is 16.5. The number of sulfonamides is 1. The van der Waals surface area contributed by atoms with Crippen molar-refractivity contribution in [1.29, 1.82) is 0 Å². The molecule has 0 unspecified atom stereocenters. The zero-order valence-corrected chi connectivity index (χ0v) is 18.6. The van der Waals surface area contributed by atoms with Crippen LogP contribution in [0, 0.1) is 0 Å². The van der Waals surface area contributed by atoms with E-state index in [-0.39, 0.29) is 5.78 Å². The Bertz CT molecular complexity index is 1170. The lowest BCUT2D eigenvalue weighted by Crippen LogP contribution is -2.25. The Labute approximate surface area is 184 Å². The average Bonchev–Trinajstić information content (AvgIpc) is 2.65. The summed E-state index contributed by atoms with van der Waals surface area (Å²) < 4.78 is 25.5. The maximum absolute atomic E-state index is 13.0. The smallest absolute Gasteiger partial charge is 0.232 e. The van der Waals surface area contributed by atoms with E-state index in [2.05, 4.69) is 0 Å². The van der Waals surface area contributed by atoms with Gasteiger partial charge in [-0.25, -0.2) is 8.42 Å². The van der Waals surface area contributed by atoms with Gasteiger partial charge >= 0.3 is 0 Å². The van der Waals surface area contributed by atoms with Crippen molar-refractivity contribution in [3.63, 3.8) is 0 Å². The standard InChI is InChI=1S/C21H16Cl3NO3S/c1-25(29(2,27)28)20-11-14(21(26)15-9-17(23)12-18(24)10-15)5-8-19(20)13-3-6-16(22)7-4-13/h3-12H,1-2H3. The number of benzene rings is 3. The molecular formula is C21H16Cl3NO3S. The summed E-state index contributed by atoms with van der Waals surface area (Å²) in [6.07, 6.45) is 1.10. The largest absolute Gasteiger partial charge is 0.289 e.